The first-order valence-corrected chi connectivity index (χ1v) is 11.8. The molecule has 0 aliphatic carbocycles. The van der Waals surface area contributed by atoms with Crippen molar-refractivity contribution < 1.29 is 18.4 Å². The van der Waals surface area contributed by atoms with E-state index in [1.54, 1.807) is 0 Å². The fraction of sp³-hybridized carbons (Fsp3) is 0.286. The summed E-state index contributed by atoms with van der Waals surface area (Å²) in [5.74, 6) is -2.78. The molecule has 2 amide bonds. The third kappa shape index (κ3) is 4.56. The molecular formula is C28H27F2N3O2. The van der Waals surface area contributed by atoms with Crippen molar-refractivity contribution in [2.45, 2.75) is 36.9 Å². The number of halogens is 2. The number of likely N-dealkylation sites (tertiary alicyclic amines) is 1. The first-order chi connectivity index (χ1) is 16.9. The Bertz CT molecular complexity index is 1180. The summed E-state index contributed by atoms with van der Waals surface area (Å²) >= 11 is 0. The second-order valence-electron chi connectivity index (χ2n) is 9.46. The Balaban J connectivity index is 1.36. The highest BCUT2D eigenvalue weighted by molar-refractivity contribution is 5.95. The molecule has 5 nitrogen and oxygen atoms in total. The van der Waals surface area contributed by atoms with Gasteiger partial charge in [-0.25, -0.2) is 8.78 Å². The monoisotopic (exact) mass is 475 g/mol. The lowest BCUT2D eigenvalue weighted by Gasteiger charge is -2.41. The normalized spacial score (nSPS) is 18.5. The van der Waals surface area contributed by atoms with Gasteiger partial charge in [0.25, 0.3) is 5.91 Å². The lowest BCUT2D eigenvalue weighted by atomic mass is 9.84. The van der Waals surface area contributed by atoms with Crippen LogP contribution in [0.5, 0.6) is 0 Å². The lowest BCUT2D eigenvalue weighted by Crippen LogP contribution is -2.60. The van der Waals surface area contributed by atoms with Crippen molar-refractivity contribution in [2.24, 2.45) is 0 Å². The molecular weight excluding hydrogens is 448 g/mol. The maximum Gasteiger partial charge on any atom is 0.256 e. The first kappa shape index (κ1) is 23.2. The number of carbonyl (C=O) groups is 2. The van der Waals surface area contributed by atoms with Crippen LogP contribution in [0, 0.1) is 11.6 Å². The van der Waals surface area contributed by atoms with Crippen LogP contribution >= 0.6 is 0 Å². The van der Waals surface area contributed by atoms with Crippen molar-refractivity contribution in [3.05, 3.63) is 107 Å². The molecule has 1 spiro atoms. The molecule has 3 aromatic rings. The minimum atomic E-state index is -1.13. The summed E-state index contributed by atoms with van der Waals surface area (Å²) in [7, 11) is 0. The lowest BCUT2D eigenvalue weighted by molar-refractivity contribution is -0.124. The van der Waals surface area contributed by atoms with E-state index in [0.29, 0.717) is 38.8 Å². The van der Waals surface area contributed by atoms with Gasteiger partial charge in [0.05, 0.1) is 11.2 Å². The van der Waals surface area contributed by atoms with E-state index in [9.17, 15) is 18.4 Å². The molecule has 0 aromatic heterocycles. The molecule has 2 saturated heterocycles. The van der Waals surface area contributed by atoms with Crippen molar-refractivity contribution in [2.75, 3.05) is 13.1 Å². The number of piperidine rings is 1. The molecule has 2 aliphatic rings. The van der Waals surface area contributed by atoms with E-state index >= 15 is 0 Å². The van der Waals surface area contributed by atoms with Crippen molar-refractivity contribution in [1.82, 2.24) is 15.5 Å². The molecule has 0 atom stereocenters. The van der Waals surface area contributed by atoms with Crippen LogP contribution in [-0.4, -0.2) is 41.0 Å². The van der Waals surface area contributed by atoms with E-state index in [1.807, 2.05) is 60.7 Å². The fourth-order valence-corrected chi connectivity index (χ4v) is 5.26. The van der Waals surface area contributed by atoms with Gasteiger partial charge in [0.15, 0.2) is 11.6 Å². The van der Waals surface area contributed by atoms with Crippen molar-refractivity contribution in [3.8, 4) is 0 Å². The number of rotatable bonds is 5. The molecule has 2 fully saturated rings. The number of nitrogens with zero attached hydrogens (tertiary/aromatic N) is 1. The first-order valence-electron chi connectivity index (χ1n) is 11.8. The van der Waals surface area contributed by atoms with Gasteiger partial charge in [-0.2, -0.15) is 0 Å². The van der Waals surface area contributed by atoms with E-state index in [2.05, 4.69) is 10.6 Å². The Kier molecular flexibility index (Phi) is 6.11. The van der Waals surface area contributed by atoms with Crippen LogP contribution in [0.25, 0.3) is 0 Å². The summed E-state index contributed by atoms with van der Waals surface area (Å²) in [6, 6.07) is 23.4. The second-order valence-corrected chi connectivity index (χ2v) is 9.46. The van der Waals surface area contributed by atoms with Gasteiger partial charge in [-0.05, 0) is 36.1 Å². The highest BCUT2D eigenvalue weighted by Gasteiger charge is 2.54. The van der Waals surface area contributed by atoms with Crippen LogP contribution < -0.4 is 10.6 Å². The summed E-state index contributed by atoms with van der Waals surface area (Å²) in [4.78, 5) is 27.9. The quantitative estimate of drug-likeness (QED) is 0.590. The van der Waals surface area contributed by atoms with Crippen molar-refractivity contribution in [1.29, 1.82) is 0 Å². The highest BCUT2D eigenvalue weighted by Crippen LogP contribution is 2.33. The summed E-state index contributed by atoms with van der Waals surface area (Å²) in [5.41, 5.74) is 0.322. The van der Waals surface area contributed by atoms with Crippen LogP contribution in [0.4, 0.5) is 8.78 Å². The number of carbonyl (C=O) groups excluding carboxylic acids is 2. The van der Waals surface area contributed by atoms with Gasteiger partial charge in [-0.15, -0.1) is 0 Å². The Labute approximate surface area is 203 Å². The van der Waals surface area contributed by atoms with Crippen LogP contribution in [-0.2, 0) is 17.6 Å². The van der Waals surface area contributed by atoms with E-state index in [1.165, 1.54) is 17.0 Å². The van der Waals surface area contributed by atoms with E-state index < -0.39 is 28.7 Å². The Hall–Kier alpha value is -3.58. The summed E-state index contributed by atoms with van der Waals surface area (Å²) in [6.45, 7) is 0.629. The van der Waals surface area contributed by atoms with Crippen LogP contribution in [0.2, 0.25) is 0 Å². The molecule has 2 N–H and O–H groups in total. The van der Waals surface area contributed by atoms with Crippen LogP contribution in [0.1, 0.15) is 34.3 Å². The Morgan fingerprint density at radius 2 is 1.40 bits per heavy atom. The maximum absolute atomic E-state index is 14.2. The number of hydrogen-bond acceptors (Lipinski definition) is 3. The number of hydrogen-bond donors (Lipinski definition) is 2. The van der Waals surface area contributed by atoms with Gasteiger partial charge in [-0.1, -0.05) is 66.7 Å². The van der Waals surface area contributed by atoms with Gasteiger partial charge in [0, 0.05) is 25.9 Å². The maximum atomic E-state index is 14.2. The molecule has 2 heterocycles. The van der Waals surface area contributed by atoms with Gasteiger partial charge in [0.1, 0.15) is 5.54 Å². The molecule has 180 valence electrons. The topological polar surface area (TPSA) is 61.4 Å². The van der Waals surface area contributed by atoms with Gasteiger partial charge in [-0.3, -0.25) is 14.9 Å². The second kappa shape index (κ2) is 9.23. The molecule has 7 heteroatoms. The van der Waals surface area contributed by atoms with Crippen molar-refractivity contribution in [3.63, 3.8) is 0 Å². The Morgan fingerprint density at radius 1 is 0.829 bits per heavy atom. The summed E-state index contributed by atoms with van der Waals surface area (Å²) < 4.78 is 27.8. The largest absolute Gasteiger partial charge is 0.338 e. The van der Waals surface area contributed by atoms with Gasteiger partial charge < -0.3 is 10.2 Å². The van der Waals surface area contributed by atoms with E-state index in [4.69, 9.17) is 0 Å². The smallest absolute Gasteiger partial charge is 0.256 e. The average Bonchev–Trinajstić information content (AvgIpc) is 3.12. The zero-order chi connectivity index (χ0) is 24.5. The SMILES string of the molecule is O=C(c1cccc(F)c1F)N1CCC2(CC1)NC(=O)C(Cc1ccccc1)(Cc1ccccc1)N2. The summed E-state index contributed by atoms with van der Waals surface area (Å²) in [6.07, 6.45) is 1.97. The molecule has 0 bridgehead atoms. The predicted octanol–water partition coefficient (Wildman–Crippen LogP) is 3.84. The van der Waals surface area contributed by atoms with E-state index in [-0.39, 0.29) is 11.5 Å². The minimum absolute atomic E-state index is 0.0684. The zero-order valence-corrected chi connectivity index (χ0v) is 19.3. The average molecular weight is 476 g/mol. The van der Waals surface area contributed by atoms with Gasteiger partial charge in [0.2, 0.25) is 5.91 Å². The molecule has 5 rings (SSSR count). The van der Waals surface area contributed by atoms with E-state index in [0.717, 1.165) is 17.2 Å². The van der Waals surface area contributed by atoms with Gasteiger partial charge >= 0.3 is 0 Å². The molecule has 2 aliphatic heterocycles. The molecule has 0 saturated carbocycles. The standard InChI is InChI=1S/C28H27F2N3O2/c29-23-13-7-12-22(24(23)30)25(34)33-16-14-28(15-17-33)31-26(35)27(32-28,18-20-8-3-1-4-9-20)19-21-10-5-2-6-11-21/h1-13,32H,14-19H2,(H,31,35). The number of benzene rings is 3. The minimum Gasteiger partial charge on any atom is -0.338 e. The fourth-order valence-electron chi connectivity index (χ4n) is 5.26. The third-order valence-corrected chi connectivity index (χ3v) is 7.05. The number of nitrogens with one attached hydrogen (secondary N) is 2. The third-order valence-electron chi connectivity index (χ3n) is 7.05. The Morgan fingerprint density at radius 3 is 1.97 bits per heavy atom. The molecule has 35 heavy (non-hydrogen) atoms. The van der Waals surface area contributed by atoms with Crippen molar-refractivity contribution >= 4 is 11.8 Å². The molecule has 3 aromatic carbocycles. The highest BCUT2D eigenvalue weighted by atomic mass is 19.2. The molecule has 0 radical (unpaired) electrons. The summed E-state index contributed by atoms with van der Waals surface area (Å²) in [5, 5.41) is 6.85. The molecule has 0 unspecified atom stereocenters. The van der Waals surface area contributed by atoms with Crippen LogP contribution in [0.15, 0.2) is 78.9 Å². The predicted molar refractivity (Wildman–Crippen MR) is 129 cm³/mol. The van der Waals surface area contributed by atoms with Crippen LogP contribution in [0.3, 0.4) is 0 Å². The number of amides is 2. The zero-order valence-electron chi connectivity index (χ0n) is 19.3.